The normalized spacial score (nSPS) is 19.4. The van der Waals surface area contributed by atoms with Crippen molar-refractivity contribution in [3.8, 4) is 0 Å². The molecule has 138 valence electrons. The number of H-pyrrole nitrogens is 1. The fourth-order valence-corrected chi connectivity index (χ4v) is 3.16. The molecule has 0 unspecified atom stereocenters. The number of carbonyl (C=O) groups excluding carboxylic acids is 2. The number of carbonyl (C=O) groups is 2. The number of hydrogen-bond acceptors (Lipinski definition) is 5. The van der Waals surface area contributed by atoms with E-state index in [9.17, 15) is 9.59 Å². The van der Waals surface area contributed by atoms with Gasteiger partial charge in [-0.25, -0.2) is 9.97 Å². The van der Waals surface area contributed by atoms with Crippen LogP contribution in [0.5, 0.6) is 0 Å². The minimum atomic E-state index is -0.650. The lowest BCUT2D eigenvalue weighted by Crippen LogP contribution is -2.41. The summed E-state index contributed by atoms with van der Waals surface area (Å²) in [6.07, 6.45) is 5.77. The molecule has 0 radical (unpaired) electrons. The van der Waals surface area contributed by atoms with Gasteiger partial charge in [0.2, 0.25) is 11.8 Å². The molecule has 1 fully saturated rings. The zero-order valence-electron chi connectivity index (χ0n) is 14.8. The molecule has 8 heteroatoms. The van der Waals surface area contributed by atoms with Crippen LogP contribution in [-0.4, -0.2) is 37.8 Å². The number of imidazole rings is 1. The number of rotatable bonds is 6. The molecule has 2 heterocycles. The third-order valence-corrected chi connectivity index (χ3v) is 4.71. The highest BCUT2D eigenvalue weighted by atomic mass is 16.2. The number of anilines is 1. The van der Waals surface area contributed by atoms with Crippen LogP contribution in [0.3, 0.4) is 0 Å². The summed E-state index contributed by atoms with van der Waals surface area (Å²) >= 11 is 0. The van der Waals surface area contributed by atoms with Crippen LogP contribution in [0.2, 0.25) is 0 Å². The molecular formula is C19H20N6O2. The minimum Gasteiger partial charge on any atom is -0.345 e. The van der Waals surface area contributed by atoms with Gasteiger partial charge in [-0.1, -0.05) is 12.1 Å². The monoisotopic (exact) mass is 364 g/mol. The number of para-hydroxylation sites is 2. The molecule has 0 saturated heterocycles. The van der Waals surface area contributed by atoms with Crippen LogP contribution in [0.15, 0.2) is 42.9 Å². The molecule has 4 rings (SSSR count). The summed E-state index contributed by atoms with van der Waals surface area (Å²) in [6, 6.07) is 7.24. The van der Waals surface area contributed by atoms with Crippen LogP contribution in [-0.2, 0) is 9.59 Å². The van der Waals surface area contributed by atoms with Crippen LogP contribution >= 0.6 is 0 Å². The summed E-state index contributed by atoms with van der Waals surface area (Å²) in [4.78, 5) is 40.2. The Labute approximate surface area is 155 Å². The second-order valence-corrected chi connectivity index (χ2v) is 6.81. The maximum absolute atomic E-state index is 12.3. The predicted molar refractivity (Wildman–Crippen MR) is 99.8 cm³/mol. The maximum atomic E-state index is 12.3. The van der Waals surface area contributed by atoms with Gasteiger partial charge >= 0.3 is 0 Å². The van der Waals surface area contributed by atoms with Gasteiger partial charge in [-0.2, -0.15) is 0 Å². The third kappa shape index (κ3) is 3.94. The summed E-state index contributed by atoms with van der Waals surface area (Å²) in [5.74, 6) is 1.35. The summed E-state index contributed by atoms with van der Waals surface area (Å²) in [5.41, 5.74) is 1.95. The number of nitrogens with zero attached hydrogens (tertiary/aromatic N) is 3. The topological polar surface area (TPSA) is 113 Å². The number of nitrogens with one attached hydrogen (secondary N) is 3. The van der Waals surface area contributed by atoms with Crippen LogP contribution in [0.25, 0.3) is 11.0 Å². The maximum Gasteiger partial charge on any atom is 0.247 e. The van der Waals surface area contributed by atoms with E-state index in [0.29, 0.717) is 12.2 Å². The Balaban J connectivity index is 1.28. The number of benzene rings is 1. The van der Waals surface area contributed by atoms with Crippen molar-refractivity contribution in [2.45, 2.75) is 31.7 Å². The van der Waals surface area contributed by atoms with Gasteiger partial charge < -0.3 is 15.6 Å². The standard InChI is InChI=1S/C19H20N6O2/c1-11(19(27)25-16-10-20-6-7-21-16)22-17(26)9-12-8-13(12)18-23-14-4-2-3-5-15(14)24-18/h2-7,10-13H,8-9H2,1H3,(H,22,26)(H,23,24)(H,21,25,27)/t11-,12+,13+/m0/s1. The largest absolute Gasteiger partial charge is 0.345 e. The van der Waals surface area contributed by atoms with E-state index in [0.717, 1.165) is 23.3 Å². The fourth-order valence-electron chi connectivity index (χ4n) is 3.16. The molecule has 1 aliphatic carbocycles. The number of amides is 2. The van der Waals surface area contributed by atoms with Gasteiger partial charge in [0.05, 0.1) is 17.2 Å². The number of fused-ring (bicyclic) bond motifs is 1. The van der Waals surface area contributed by atoms with Gasteiger partial charge in [-0.05, 0) is 31.4 Å². The van der Waals surface area contributed by atoms with Crippen molar-refractivity contribution in [2.75, 3.05) is 5.32 Å². The third-order valence-electron chi connectivity index (χ3n) is 4.71. The van der Waals surface area contributed by atoms with Crippen molar-refractivity contribution in [1.82, 2.24) is 25.3 Å². The Kier molecular flexibility index (Phi) is 4.53. The first kappa shape index (κ1) is 17.1. The molecule has 2 amide bonds. The molecule has 1 saturated carbocycles. The van der Waals surface area contributed by atoms with Gasteiger partial charge in [0.15, 0.2) is 5.82 Å². The lowest BCUT2D eigenvalue weighted by atomic mass is 10.2. The van der Waals surface area contributed by atoms with E-state index in [1.165, 1.54) is 18.6 Å². The molecule has 3 aromatic rings. The first-order valence-electron chi connectivity index (χ1n) is 8.91. The number of hydrogen-bond donors (Lipinski definition) is 3. The Morgan fingerprint density at radius 1 is 1.30 bits per heavy atom. The van der Waals surface area contributed by atoms with E-state index in [1.807, 2.05) is 24.3 Å². The van der Waals surface area contributed by atoms with Gasteiger partial charge in [-0.3, -0.25) is 14.6 Å². The smallest absolute Gasteiger partial charge is 0.247 e. The quantitative estimate of drug-likeness (QED) is 0.619. The highest BCUT2D eigenvalue weighted by Gasteiger charge is 2.42. The molecule has 0 spiro atoms. The van der Waals surface area contributed by atoms with Crippen molar-refractivity contribution in [3.05, 3.63) is 48.7 Å². The average molecular weight is 364 g/mol. The number of aromatic nitrogens is 4. The minimum absolute atomic E-state index is 0.139. The predicted octanol–water partition coefficient (Wildman–Crippen LogP) is 1.99. The van der Waals surface area contributed by atoms with Crippen LogP contribution < -0.4 is 10.6 Å². The Morgan fingerprint density at radius 3 is 2.93 bits per heavy atom. The number of aromatic amines is 1. The molecule has 1 aliphatic rings. The summed E-state index contributed by atoms with van der Waals surface area (Å²) in [7, 11) is 0. The summed E-state index contributed by atoms with van der Waals surface area (Å²) in [5, 5.41) is 5.36. The van der Waals surface area contributed by atoms with E-state index >= 15 is 0 Å². The molecule has 0 aliphatic heterocycles. The molecule has 3 N–H and O–H groups in total. The molecule has 2 aromatic heterocycles. The summed E-state index contributed by atoms with van der Waals surface area (Å²) < 4.78 is 0. The lowest BCUT2D eigenvalue weighted by molar-refractivity contribution is -0.126. The molecular weight excluding hydrogens is 344 g/mol. The molecule has 27 heavy (non-hydrogen) atoms. The van der Waals surface area contributed by atoms with E-state index < -0.39 is 6.04 Å². The fraction of sp³-hybridized carbons (Fsp3) is 0.316. The molecule has 0 bridgehead atoms. The highest BCUT2D eigenvalue weighted by molar-refractivity contribution is 5.96. The SMILES string of the molecule is C[C@H](NC(=O)C[C@H]1C[C@H]1c1nc2ccccc2[nH]1)C(=O)Nc1cnccn1. The molecule has 1 aromatic carbocycles. The Morgan fingerprint density at radius 2 is 2.15 bits per heavy atom. The van der Waals surface area contributed by atoms with Gasteiger partial charge in [-0.15, -0.1) is 0 Å². The average Bonchev–Trinajstić information content (AvgIpc) is 3.28. The van der Waals surface area contributed by atoms with Crippen LogP contribution in [0.1, 0.15) is 31.5 Å². The van der Waals surface area contributed by atoms with E-state index in [2.05, 4.69) is 30.6 Å². The van der Waals surface area contributed by atoms with Crippen molar-refractivity contribution < 1.29 is 9.59 Å². The van der Waals surface area contributed by atoms with Crippen molar-refractivity contribution in [3.63, 3.8) is 0 Å². The Hall–Kier alpha value is -3.29. The second kappa shape index (κ2) is 7.14. The first-order chi connectivity index (χ1) is 13.1. The van der Waals surface area contributed by atoms with Crippen molar-refractivity contribution in [1.29, 1.82) is 0 Å². The van der Waals surface area contributed by atoms with Crippen LogP contribution in [0, 0.1) is 5.92 Å². The van der Waals surface area contributed by atoms with E-state index in [4.69, 9.17) is 0 Å². The molecule has 3 atom stereocenters. The van der Waals surface area contributed by atoms with E-state index in [-0.39, 0.29) is 23.7 Å². The Bertz CT molecular complexity index is 938. The highest BCUT2D eigenvalue weighted by Crippen LogP contribution is 2.48. The van der Waals surface area contributed by atoms with Gasteiger partial charge in [0.25, 0.3) is 0 Å². The van der Waals surface area contributed by atoms with Gasteiger partial charge in [0, 0.05) is 24.7 Å². The van der Waals surface area contributed by atoms with Gasteiger partial charge in [0.1, 0.15) is 11.9 Å². The first-order valence-corrected chi connectivity index (χ1v) is 8.91. The molecule has 8 nitrogen and oxygen atoms in total. The van der Waals surface area contributed by atoms with Crippen molar-refractivity contribution >= 4 is 28.7 Å². The second-order valence-electron chi connectivity index (χ2n) is 6.81. The van der Waals surface area contributed by atoms with E-state index in [1.54, 1.807) is 6.92 Å². The zero-order valence-corrected chi connectivity index (χ0v) is 14.8. The summed E-state index contributed by atoms with van der Waals surface area (Å²) in [6.45, 7) is 1.65. The zero-order chi connectivity index (χ0) is 18.8. The lowest BCUT2D eigenvalue weighted by Gasteiger charge is -2.13. The van der Waals surface area contributed by atoms with Crippen molar-refractivity contribution in [2.24, 2.45) is 5.92 Å². The van der Waals surface area contributed by atoms with Crippen LogP contribution in [0.4, 0.5) is 5.82 Å².